The van der Waals surface area contributed by atoms with Crippen LogP contribution < -0.4 is 10.6 Å². The molecule has 0 bridgehead atoms. The van der Waals surface area contributed by atoms with E-state index < -0.39 is 0 Å². The molecule has 3 rings (SSSR count). The number of likely N-dealkylation sites (tertiary alicyclic amines) is 1. The molecule has 1 saturated heterocycles. The third kappa shape index (κ3) is 8.00. The van der Waals surface area contributed by atoms with E-state index in [9.17, 15) is 9.59 Å². The highest BCUT2D eigenvalue weighted by Crippen LogP contribution is 2.14. The third-order valence-electron chi connectivity index (χ3n) is 5.81. The van der Waals surface area contributed by atoms with E-state index in [1.807, 2.05) is 53.4 Å². The van der Waals surface area contributed by atoms with Gasteiger partial charge in [-0.2, -0.15) is 0 Å². The van der Waals surface area contributed by atoms with Gasteiger partial charge in [0.25, 0.3) is 11.8 Å². The Kier molecular flexibility index (Phi) is 11.3. The largest absolute Gasteiger partial charge is 0.356 e. The Bertz CT molecular complexity index is 969. The maximum atomic E-state index is 12.6. The molecule has 0 saturated carbocycles. The number of nitrogens with one attached hydrogen (secondary N) is 2. The first-order valence-corrected chi connectivity index (χ1v) is 11.6. The van der Waals surface area contributed by atoms with E-state index in [1.54, 1.807) is 26.0 Å². The Morgan fingerprint density at radius 3 is 2.29 bits per heavy atom. The van der Waals surface area contributed by atoms with Crippen molar-refractivity contribution >= 4 is 41.8 Å². The normalized spacial score (nSPS) is 13.6. The third-order valence-corrected chi connectivity index (χ3v) is 5.81. The van der Waals surface area contributed by atoms with Crippen LogP contribution in [0.2, 0.25) is 0 Å². The van der Waals surface area contributed by atoms with Gasteiger partial charge in [0.1, 0.15) is 0 Å². The van der Waals surface area contributed by atoms with E-state index in [-0.39, 0.29) is 35.8 Å². The van der Waals surface area contributed by atoms with E-state index in [2.05, 4.69) is 15.6 Å². The Labute approximate surface area is 220 Å². The van der Waals surface area contributed by atoms with Gasteiger partial charge >= 0.3 is 0 Å². The molecule has 0 radical (unpaired) electrons. The molecular weight excluding hydrogens is 541 g/mol. The number of hydrogen-bond acceptors (Lipinski definition) is 3. The summed E-state index contributed by atoms with van der Waals surface area (Å²) in [6.07, 6.45) is 4.19. The molecule has 0 aliphatic carbocycles. The minimum Gasteiger partial charge on any atom is -0.356 e. The van der Waals surface area contributed by atoms with Crippen LogP contribution in [0, 0.1) is 0 Å². The van der Waals surface area contributed by atoms with E-state index >= 15 is 0 Å². The van der Waals surface area contributed by atoms with Crippen LogP contribution in [0.4, 0.5) is 0 Å². The predicted octanol–water partition coefficient (Wildman–Crippen LogP) is 3.54. The number of amides is 2. The Balaban J connectivity index is 0.00000408. The lowest BCUT2D eigenvalue weighted by molar-refractivity contribution is 0.0724. The standard InChI is InChI=1S/C26H35N5O2.HI/c1-27-26(28-15-14-20-8-7-9-23(18-20)24(32)30(2)3)29-19-21-10-12-22(13-11-21)25(33)31-16-5-4-6-17-31;/h7-13,18H,4-6,14-17,19H2,1-3H3,(H2,27,28,29);1H. The number of piperidine rings is 1. The summed E-state index contributed by atoms with van der Waals surface area (Å²) in [4.78, 5) is 32.6. The maximum Gasteiger partial charge on any atom is 0.253 e. The Hall–Kier alpha value is -2.62. The summed E-state index contributed by atoms with van der Waals surface area (Å²) in [7, 11) is 5.25. The number of carbonyl (C=O) groups is 2. The quantitative estimate of drug-likeness (QED) is 0.300. The number of aliphatic imine (C=N–C) groups is 1. The number of guanidine groups is 1. The minimum absolute atomic E-state index is 0. The first-order valence-electron chi connectivity index (χ1n) is 11.6. The van der Waals surface area contributed by atoms with Crippen molar-refractivity contribution in [2.45, 2.75) is 32.2 Å². The highest BCUT2D eigenvalue weighted by Gasteiger charge is 2.17. The van der Waals surface area contributed by atoms with E-state index in [0.29, 0.717) is 24.6 Å². The number of hydrogen-bond donors (Lipinski definition) is 2. The molecule has 1 heterocycles. The molecule has 2 N–H and O–H groups in total. The molecule has 1 aliphatic heterocycles. The van der Waals surface area contributed by atoms with Crippen molar-refractivity contribution in [1.29, 1.82) is 0 Å². The van der Waals surface area contributed by atoms with Gasteiger partial charge in [0.05, 0.1) is 0 Å². The fourth-order valence-electron chi connectivity index (χ4n) is 3.89. The summed E-state index contributed by atoms with van der Waals surface area (Å²) in [5, 5.41) is 6.63. The lowest BCUT2D eigenvalue weighted by Gasteiger charge is -2.26. The molecule has 1 fully saturated rings. The van der Waals surface area contributed by atoms with Crippen molar-refractivity contribution in [3.63, 3.8) is 0 Å². The van der Waals surface area contributed by atoms with Crippen molar-refractivity contribution in [1.82, 2.24) is 20.4 Å². The summed E-state index contributed by atoms with van der Waals surface area (Å²) in [5.41, 5.74) is 3.63. The second-order valence-electron chi connectivity index (χ2n) is 8.55. The molecule has 0 atom stereocenters. The molecule has 1 aliphatic rings. The zero-order valence-electron chi connectivity index (χ0n) is 20.3. The topological polar surface area (TPSA) is 77.0 Å². The molecule has 0 spiro atoms. The molecule has 184 valence electrons. The predicted molar refractivity (Wildman–Crippen MR) is 148 cm³/mol. The van der Waals surface area contributed by atoms with E-state index in [1.165, 1.54) is 6.42 Å². The molecule has 0 unspecified atom stereocenters. The summed E-state index contributed by atoms with van der Waals surface area (Å²) >= 11 is 0. The smallest absolute Gasteiger partial charge is 0.253 e. The van der Waals surface area contributed by atoms with Crippen molar-refractivity contribution in [2.75, 3.05) is 40.8 Å². The van der Waals surface area contributed by atoms with E-state index in [0.717, 1.165) is 49.0 Å². The van der Waals surface area contributed by atoms with Gasteiger partial charge in [-0.05, 0) is 61.1 Å². The fourth-order valence-corrected chi connectivity index (χ4v) is 3.89. The first kappa shape index (κ1) is 27.6. The van der Waals surface area contributed by atoms with Gasteiger partial charge < -0.3 is 20.4 Å². The van der Waals surface area contributed by atoms with Gasteiger partial charge in [0.15, 0.2) is 5.96 Å². The number of nitrogens with zero attached hydrogens (tertiary/aromatic N) is 3. The van der Waals surface area contributed by atoms with Crippen molar-refractivity contribution in [3.05, 3.63) is 70.8 Å². The van der Waals surface area contributed by atoms with Crippen molar-refractivity contribution in [3.8, 4) is 0 Å². The van der Waals surface area contributed by atoms with Crippen molar-refractivity contribution < 1.29 is 9.59 Å². The maximum absolute atomic E-state index is 12.6. The van der Waals surface area contributed by atoms with Gasteiger partial charge in [-0.25, -0.2) is 0 Å². The lowest BCUT2D eigenvalue weighted by Crippen LogP contribution is -2.38. The van der Waals surface area contributed by atoms with Crippen LogP contribution in [0.15, 0.2) is 53.5 Å². The van der Waals surface area contributed by atoms with Gasteiger partial charge in [-0.3, -0.25) is 14.6 Å². The van der Waals surface area contributed by atoms with Crippen LogP contribution in [-0.2, 0) is 13.0 Å². The van der Waals surface area contributed by atoms with Crippen LogP contribution in [-0.4, -0.2) is 68.4 Å². The molecule has 8 heteroatoms. The van der Waals surface area contributed by atoms with Gasteiger partial charge in [-0.15, -0.1) is 24.0 Å². The highest BCUT2D eigenvalue weighted by atomic mass is 127. The zero-order valence-corrected chi connectivity index (χ0v) is 22.7. The van der Waals surface area contributed by atoms with Crippen molar-refractivity contribution in [2.24, 2.45) is 4.99 Å². The second kappa shape index (κ2) is 13.9. The molecule has 34 heavy (non-hydrogen) atoms. The van der Waals surface area contributed by atoms with Gasteiger partial charge in [0.2, 0.25) is 0 Å². The highest BCUT2D eigenvalue weighted by molar-refractivity contribution is 14.0. The SMILES string of the molecule is CN=C(NCCc1cccc(C(=O)N(C)C)c1)NCc1ccc(C(=O)N2CCCCC2)cc1.I. The minimum atomic E-state index is 0. The molecule has 0 aromatic heterocycles. The summed E-state index contributed by atoms with van der Waals surface area (Å²) in [6.45, 7) is 3.04. The van der Waals surface area contributed by atoms with Gasteiger partial charge in [-0.1, -0.05) is 24.3 Å². The summed E-state index contributed by atoms with van der Waals surface area (Å²) in [6, 6.07) is 15.5. The monoisotopic (exact) mass is 577 g/mol. The molecular formula is C26H36IN5O2. The average Bonchev–Trinajstić information content (AvgIpc) is 2.86. The number of rotatable bonds is 7. The van der Waals surface area contributed by atoms with Crippen LogP contribution in [0.3, 0.4) is 0 Å². The molecule has 2 aromatic rings. The van der Waals surface area contributed by atoms with Crippen LogP contribution in [0.1, 0.15) is 51.1 Å². The Morgan fingerprint density at radius 1 is 0.941 bits per heavy atom. The Morgan fingerprint density at radius 2 is 1.65 bits per heavy atom. The molecule has 2 amide bonds. The van der Waals surface area contributed by atoms with Crippen LogP contribution in [0.5, 0.6) is 0 Å². The average molecular weight is 578 g/mol. The van der Waals surface area contributed by atoms with Crippen LogP contribution >= 0.6 is 24.0 Å². The number of halogens is 1. The number of benzene rings is 2. The summed E-state index contributed by atoms with van der Waals surface area (Å²) in [5.74, 6) is 0.845. The second-order valence-corrected chi connectivity index (χ2v) is 8.55. The van der Waals surface area contributed by atoms with E-state index in [4.69, 9.17) is 0 Å². The summed E-state index contributed by atoms with van der Waals surface area (Å²) < 4.78 is 0. The van der Waals surface area contributed by atoms with Crippen LogP contribution in [0.25, 0.3) is 0 Å². The lowest BCUT2D eigenvalue weighted by atomic mass is 10.1. The first-order chi connectivity index (χ1) is 16.0. The fraction of sp³-hybridized carbons (Fsp3) is 0.423. The number of carbonyl (C=O) groups excluding carboxylic acids is 2. The van der Waals surface area contributed by atoms with Gasteiger partial charge in [0, 0.05) is 58.4 Å². The molecule has 7 nitrogen and oxygen atoms in total. The molecule has 2 aromatic carbocycles. The zero-order chi connectivity index (χ0) is 23.6.